The normalized spacial score (nSPS) is 10.7. The molecule has 1 aromatic carbocycles. The number of halogens is 1. The second-order valence-electron chi connectivity index (χ2n) is 4.82. The fourth-order valence-corrected chi connectivity index (χ4v) is 2.56. The third-order valence-corrected chi connectivity index (χ3v) is 3.95. The molecule has 6 nitrogen and oxygen atoms in total. The van der Waals surface area contributed by atoms with Crippen LogP contribution in [-0.4, -0.2) is 15.7 Å². The Kier molecular flexibility index (Phi) is 4.07. The van der Waals surface area contributed by atoms with Crippen LogP contribution in [0.4, 0.5) is 10.1 Å². The Morgan fingerprint density at radius 3 is 2.96 bits per heavy atom. The van der Waals surface area contributed by atoms with Crippen molar-refractivity contribution in [3.63, 3.8) is 0 Å². The molecule has 0 fully saturated rings. The molecule has 2 aromatic heterocycles. The summed E-state index contributed by atoms with van der Waals surface area (Å²) in [7, 11) is 0. The molecule has 0 aliphatic rings. The summed E-state index contributed by atoms with van der Waals surface area (Å²) >= 11 is 1.37. The van der Waals surface area contributed by atoms with Gasteiger partial charge in [0.05, 0.1) is 4.88 Å². The fourth-order valence-electron chi connectivity index (χ4n) is 1.91. The summed E-state index contributed by atoms with van der Waals surface area (Å²) in [6, 6.07) is 7.92. The van der Waals surface area contributed by atoms with Gasteiger partial charge in [-0.1, -0.05) is 12.1 Å². The van der Waals surface area contributed by atoms with Crippen molar-refractivity contribution in [1.82, 2.24) is 9.78 Å². The Hall–Kier alpha value is -2.74. The zero-order valence-corrected chi connectivity index (χ0v) is 12.9. The number of aryl methyl sites for hydroxylation is 1. The highest BCUT2D eigenvalue weighted by Gasteiger charge is 2.14. The van der Waals surface area contributed by atoms with Crippen LogP contribution in [0.5, 0.6) is 0 Å². The Bertz CT molecular complexity index is 899. The van der Waals surface area contributed by atoms with E-state index in [1.807, 2.05) is 5.38 Å². The minimum atomic E-state index is -0.723. The Morgan fingerprint density at radius 1 is 1.43 bits per heavy atom. The minimum absolute atomic E-state index is 0.166. The average molecular weight is 333 g/mol. The summed E-state index contributed by atoms with van der Waals surface area (Å²) < 4.78 is 19.4. The van der Waals surface area contributed by atoms with Gasteiger partial charge in [-0.3, -0.25) is 4.79 Å². The van der Waals surface area contributed by atoms with Crippen molar-refractivity contribution in [3.8, 4) is 10.8 Å². The van der Waals surface area contributed by atoms with Crippen LogP contribution in [0, 0.1) is 12.7 Å². The van der Waals surface area contributed by atoms with E-state index in [1.54, 1.807) is 31.2 Å². The standard InChI is InChI=1S/C15H12FN3O3S/c1-9-4-5-10(7-11(9)16)17-13(20)8-19-15(21)22-14(18-19)12-3-2-6-23-12/h2-7H,8H2,1H3,(H,17,20). The summed E-state index contributed by atoms with van der Waals surface area (Å²) in [5.74, 6) is -1.47. The molecule has 118 valence electrons. The van der Waals surface area contributed by atoms with Crippen LogP contribution in [0.2, 0.25) is 0 Å². The number of hydrogen-bond donors (Lipinski definition) is 1. The number of amides is 1. The molecule has 8 heteroatoms. The highest BCUT2D eigenvalue weighted by Crippen LogP contribution is 2.21. The highest BCUT2D eigenvalue weighted by atomic mass is 32.1. The average Bonchev–Trinajstić information content (AvgIpc) is 3.13. The van der Waals surface area contributed by atoms with Gasteiger partial charge in [-0.15, -0.1) is 16.4 Å². The van der Waals surface area contributed by atoms with E-state index in [0.717, 1.165) is 4.68 Å². The van der Waals surface area contributed by atoms with E-state index >= 15 is 0 Å². The van der Waals surface area contributed by atoms with Crippen molar-refractivity contribution >= 4 is 22.9 Å². The number of rotatable bonds is 4. The lowest BCUT2D eigenvalue weighted by Crippen LogP contribution is -2.25. The summed E-state index contributed by atoms with van der Waals surface area (Å²) in [6.07, 6.45) is 0. The zero-order valence-electron chi connectivity index (χ0n) is 12.1. The molecule has 0 spiro atoms. The van der Waals surface area contributed by atoms with Gasteiger partial charge in [-0.2, -0.15) is 4.68 Å². The van der Waals surface area contributed by atoms with E-state index in [0.29, 0.717) is 16.1 Å². The molecule has 1 amide bonds. The topological polar surface area (TPSA) is 77.1 Å². The molecular formula is C15H12FN3O3S. The first-order valence-electron chi connectivity index (χ1n) is 6.71. The third-order valence-electron chi connectivity index (χ3n) is 3.09. The number of aromatic nitrogens is 2. The van der Waals surface area contributed by atoms with E-state index in [1.165, 1.54) is 17.4 Å². The molecule has 23 heavy (non-hydrogen) atoms. The van der Waals surface area contributed by atoms with Gasteiger partial charge in [0.25, 0.3) is 5.89 Å². The minimum Gasteiger partial charge on any atom is -0.387 e. The molecule has 3 aromatic rings. The van der Waals surface area contributed by atoms with E-state index < -0.39 is 17.5 Å². The number of hydrogen-bond acceptors (Lipinski definition) is 5. The van der Waals surface area contributed by atoms with Crippen LogP contribution in [0.25, 0.3) is 10.8 Å². The molecule has 3 rings (SSSR count). The molecule has 0 radical (unpaired) electrons. The molecule has 0 unspecified atom stereocenters. The van der Waals surface area contributed by atoms with Crippen molar-refractivity contribution in [2.45, 2.75) is 13.5 Å². The van der Waals surface area contributed by atoms with Crippen molar-refractivity contribution in [1.29, 1.82) is 0 Å². The van der Waals surface area contributed by atoms with Crippen LogP contribution < -0.4 is 11.1 Å². The molecule has 0 aliphatic carbocycles. The van der Waals surface area contributed by atoms with Crippen molar-refractivity contribution < 1.29 is 13.6 Å². The summed E-state index contributed by atoms with van der Waals surface area (Å²) in [5, 5.41) is 8.32. The lowest BCUT2D eigenvalue weighted by Gasteiger charge is -2.05. The molecule has 0 saturated carbocycles. The van der Waals surface area contributed by atoms with Gasteiger partial charge in [0.15, 0.2) is 0 Å². The first-order chi connectivity index (χ1) is 11.0. The first kappa shape index (κ1) is 15.2. The molecule has 0 aliphatic heterocycles. The molecular weight excluding hydrogens is 321 g/mol. The van der Waals surface area contributed by atoms with Crippen LogP contribution in [0.3, 0.4) is 0 Å². The second kappa shape index (κ2) is 6.17. The maximum Gasteiger partial charge on any atom is 0.437 e. The third kappa shape index (κ3) is 3.37. The van der Waals surface area contributed by atoms with Crippen LogP contribution in [0.1, 0.15) is 5.56 Å². The second-order valence-corrected chi connectivity index (χ2v) is 5.77. The SMILES string of the molecule is Cc1ccc(NC(=O)Cn2nc(-c3cccs3)oc2=O)cc1F. The number of carbonyl (C=O) groups excluding carboxylic acids is 1. The highest BCUT2D eigenvalue weighted by molar-refractivity contribution is 7.13. The maximum atomic E-state index is 13.4. The number of thiophene rings is 1. The van der Waals surface area contributed by atoms with Gasteiger partial charge in [-0.25, -0.2) is 9.18 Å². The van der Waals surface area contributed by atoms with E-state index in [2.05, 4.69) is 10.4 Å². The number of anilines is 1. The van der Waals surface area contributed by atoms with Gasteiger partial charge in [0.2, 0.25) is 5.91 Å². The van der Waals surface area contributed by atoms with Crippen LogP contribution in [0.15, 0.2) is 44.9 Å². The predicted octanol–water partition coefficient (Wildman–Crippen LogP) is 2.65. The lowest BCUT2D eigenvalue weighted by molar-refractivity contribution is -0.117. The fraction of sp³-hybridized carbons (Fsp3) is 0.133. The number of carbonyl (C=O) groups is 1. The molecule has 0 bridgehead atoms. The van der Waals surface area contributed by atoms with Gasteiger partial charge in [0.1, 0.15) is 12.4 Å². The van der Waals surface area contributed by atoms with Crippen molar-refractivity contribution in [2.75, 3.05) is 5.32 Å². The quantitative estimate of drug-likeness (QED) is 0.796. The number of nitrogens with zero attached hydrogens (tertiary/aromatic N) is 2. The molecule has 1 N–H and O–H groups in total. The largest absolute Gasteiger partial charge is 0.437 e. The zero-order chi connectivity index (χ0) is 16.4. The van der Waals surface area contributed by atoms with Crippen molar-refractivity contribution in [2.24, 2.45) is 0 Å². The van der Waals surface area contributed by atoms with E-state index in [-0.39, 0.29) is 12.4 Å². The monoisotopic (exact) mass is 333 g/mol. The predicted molar refractivity (Wildman–Crippen MR) is 83.8 cm³/mol. The Balaban J connectivity index is 1.73. The Labute approximate surface area is 134 Å². The van der Waals surface area contributed by atoms with Crippen LogP contribution >= 0.6 is 11.3 Å². The smallest absolute Gasteiger partial charge is 0.387 e. The maximum absolute atomic E-state index is 13.4. The molecule has 2 heterocycles. The van der Waals surface area contributed by atoms with Gasteiger partial charge < -0.3 is 9.73 Å². The Morgan fingerprint density at radius 2 is 2.26 bits per heavy atom. The van der Waals surface area contributed by atoms with Gasteiger partial charge in [0, 0.05) is 5.69 Å². The molecule has 0 atom stereocenters. The number of benzene rings is 1. The lowest BCUT2D eigenvalue weighted by atomic mass is 10.2. The van der Waals surface area contributed by atoms with Gasteiger partial charge >= 0.3 is 5.76 Å². The summed E-state index contributed by atoms with van der Waals surface area (Å²) in [6.45, 7) is 1.31. The first-order valence-corrected chi connectivity index (χ1v) is 7.59. The van der Waals surface area contributed by atoms with Gasteiger partial charge in [-0.05, 0) is 36.1 Å². The molecule has 0 saturated heterocycles. The van der Waals surface area contributed by atoms with E-state index in [9.17, 15) is 14.0 Å². The summed E-state index contributed by atoms with van der Waals surface area (Å²) in [5.41, 5.74) is 0.796. The number of nitrogens with one attached hydrogen (secondary N) is 1. The van der Waals surface area contributed by atoms with Crippen LogP contribution in [-0.2, 0) is 11.3 Å². The van der Waals surface area contributed by atoms with Crippen molar-refractivity contribution in [3.05, 3.63) is 57.6 Å². The summed E-state index contributed by atoms with van der Waals surface area (Å²) in [4.78, 5) is 24.4. The van der Waals surface area contributed by atoms with E-state index in [4.69, 9.17) is 4.42 Å².